The van der Waals surface area contributed by atoms with E-state index >= 15 is 0 Å². The van der Waals surface area contributed by atoms with Crippen molar-refractivity contribution in [3.05, 3.63) is 51.6 Å². The molecule has 0 amide bonds. The molecule has 1 aromatic carbocycles. The zero-order valence-corrected chi connectivity index (χ0v) is 14.1. The van der Waals surface area contributed by atoms with E-state index in [9.17, 15) is 20.1 Å². The molecular weight excluding hydrogens is 348 g/mol. The summed E-state index contributed by atoms with van der Waals surface area (Å²) < 4.78 is 10.5. The lowest BCUT2D eigenvalue weighted by Gasteiger charge is -2.05. The molecule has 0 spiro atoms. The van der Waals surface area contributed by atoms with Crippen molar-refractivity contribution >= 4 is 28.4 Å². The van der Waals surface area contributed by atoms with E-state index in [1.807, 2.05) is 6.08 Å². The Morgan fingerprint density at radius 1 is 1.28 bits per heavy atom. The number of fused-ring (bicyclic) bond motifs is 1. The van der Waals surface area contributed by atoms with E-state index in [1.54, 1.807) is 25.2 Å². The Labute approximate surface area is 148 Å². The van der Waals surface area contributed by atoms with Gasteiger partial charge in [-0.3, -0.25) is 0 Å². The van der Waals surface area contributed by atoms with Crippen LogP contribution in [0, 0.1) is 0 Å². The number of ether oxygens (including phenoxy) is 1. The van der Waals surface area contributed by atoms with Gasteiger partial charge in [-0.15, -0.1) is 0 Å². The summed E-state index contributed by atoms with van der Waals surface area (Å²) in [5.41, 5.74) is -0.747. The molecule has 1 aliphatic heterocycles. The average Bonchev–Trinajstić information content (AvgIpc) is 3.25. The molecule has 132 valence electrons. The number of aliphatic hydroxyl groups excluding tert-OH is 1. The summed E-state index contributed by atoms with van der Waals surface area (Å²) in [5, 5.41) is 28.8. The fourth-order valence-electron chi connectivity index (χ4n) is 2.59. The third-order valence-electron chi connectivity index (χ3n) is 3.83. The summed E-state index contributed by atoms with van der Waals surface area (Å²) in [6.45, 7) is 1.71. The van der Waals surface area contributed by atoms with Crippen molar-refractivity contribution in [2.75, 3.05) is 0 Å². The smallest absolute Gasteiger partial charge is 0.347 e. The van der Waals surface area contributed by atoms with Gasteiger partial charge >= 0.3 is 5.63 Å². The molecule has 1 aliphatic rings. The number of halogens is 1. The van der Waals surface area contributed by atoms with Gasteiger partial charge in [0.15, 0.2) is 0 Å². The van der Waals surface area contributed by atoms with Gasteiger partial charge in [-0.25, -0.2) is 4.79 Å². The van der Waals surface area contributed by atoms with Gasteiger partial charge in [0, 0.05) is 17.9 Å². The van der Waals surface area contributed by atoms with Crippen molar-refractivity contribution < 1.29 is 24.5 Å². The molecule has 7 heteroatoms. The second kappa shape index (κ2) is 6.92. The fourth-order valence-corrected chi connectivity index (χ4v) is 2.79. The van der Waals surface area contributed by atoms with E-state index in [2.05, 4.69) is 0 Å². The molecule has 1 fully saturated rings. The van der Waals surface area contributed by atoms with Gasteiger partial charge in [0.1, 0.15) is 28.7 Å². The molecule has 3 atom stereocenters. The molecule has 0 saturated carbocycles. The molecule has 1 aromatic heterocycles. The van der Waals surface area contributed by atoms with Gasteiger partial charge in [0.05, 0.1) is 17.2 Å². The second-order valence-corrected chi connectivity index (χ2v) is 6.30. The summed E-state index contributed by atoms with van der Waals surface area (Å²) in [4.78, 5) is 12.0. The number of hydrogen-bond acceptors (Lipinski definition) is 6. The van der Waals surface area contributed by atoms with Gasteiger partial charge in [-0.1, -0.05) is 29.8 Å². The zero-order valence-electron chi connectivity index (χ0n) is 13.3. The normalized spacial score (nSPS) is 21.4. The number of benzene rings is 1. The van der Waals surface area contributed by atoms with Crippen LogP contribution in [0.15, 0.2) is 39.6 Å². The van der Waals surface area contributed by atoms with Crippen LogP contribution in [-0.4, -0.2) is 33.6 Å². The van der Waals surface area contributed by atoms with Crippen molar-refractivity contribution in [2.24, 2.45) is 0 Å². The van der Waals surface area contributed by atoms with E-state index in [0.29, 0.717) is 6.42 Å². The Hall–Kier alpha value is -2.28. The molecule has 6 nitrogen and oxygen atoms in total. The highest BCUT2D eigenvalue weighted by Gasteiger charge is 2.36. The molecule has 3 N–H and O–H groups in total. The number of rotatable bonds is 5. The van der Waals surface area contributed by atoms with Crippen molar-refractivity contribution in [3.8, 4) is 11.5 Å². The predicted octanol–water partition coefficient (Wildman–Crippen LogP) is 2.97. The molecule has 25 heavy (non-hydrogen) atoms. The maximum Gasteiger partial charge on any atom is 0.347 e. The van der Waals surface area contributed by atoms with Crippen LogP contribution >= 0.6 is 11.6 Å². The number of aliphatic hydroxyl groups is 1. The van der Waals surface area contributed by atoms with Gasteiger partial charge in [-0.05, 0) is 19.1 Å². The van der Waals surface area contributed by atoms with Crippen LogP contribution in [-0.2, 0) is 4.74 Å². The molecule has 2 aromatic rings. The summed E-state index contributed by atoms with van der Waals surface area (Å²) in [7, 11) is 0. The first-order valence-corrected chi connectivity index (χ1v) is 8.11. The lowest BCUT2D eigenvalue weighted by atomic mass is 10.1. The lowest BCUT2D eigenvalue weighted by molar-refractivity contribution is 0.170. The summed E-state index contributed by atoms with van der Waals surface area (Å²) >= 11 is 5.99. The lowest BCUT2D eigenvalue weighted by Crippen LogP contribution is -2.05. The van der Waals surface area contributed by atoms with E-state index in [1.165, 1.54) is 6.07 Å². The molecule has 1 saturated heterocycles. The van der Waals surface area contributed by atoms with E-state index < -0.39 is 17.5 Å². The highest BCUT2D eigenvalue weighted by molar-refractivity contribution is 6.37. The van der Waals surface area contributed by atoms with Gasteiger partial charge in [0.2, 0.25) is 0 Å². The van der Waals surface area contributed by atoms with Crippen LogP contribution in [0.25, 0.3) is 16.8 Å². The Bertz CT molecular complexity index is 912. The van der Waals surface area contributed by atoms with Crippen molar-refractivity contribution in [3.63, 3.8) is 0 Å². The fraction of sp³-hybridized carbons (Fsp3) is 0.278. The summed E-state index contributed by atoms with van der Waals surface area (Å²) in [5.74, 6) is -0.482. The summed E-state index contributed by atoms with van der Waals surface area (Å²) in [6, 6.07) is 2.46. The number of epoxide rings is 1. The van der Waals surface area contributed by atoms with Crippen LogP contribution in [0.5, 0.6) is 11.5 Å². The van der Waals surface area contributed by atoms with Crippen LogP contribution in [0.4, 0.5) is 0 Å². The number of hydrogen-bond donors (Lipinski definition) is 3. The second-order valence-electron chi connectivity index (χ2n) is 5.92. The molecule has 3 rings (SSSR count). The third kappa shape index (κ3) is 3.87. The molecule has 0 radical (unpaired) electrons. The SMILES string of the molecule is C[C@@H](O)C[C@H]1O[C@@H]1/C=C\C=C\c1cc2c(Cl)c(O)cc(O)c2c(=O)o1. The molecule has 0 aliphatic carbocycles. The maximum absolute atomic E-state index is 12.0. The molecule has 2 heterocycles. The van der Waals surface area contributed by atoms with Crippen LogP contribution in [0.2, 0.25) is 5.02 Å². The van der Waals surface area contributed by atoms with E-state index in [0.717, 1.165) is 6.07 Å². The highest BCUT2D eigenvalue weighted by Crippen LogP contribution is 2.36. The first kappa shape index (κ1) is 17.5. The van der Waals surface area contributed by atoms with Crippen molar-refractivity contribution in [2.45, 2.75) is 31.7 Å². The van der Waals surface area contributed by atoms with E-state index in [-0.39, 0.29) is 39.5 Å². The van der Waals surface area contributed by atoms with Crippen LogP contribution < -0.4 is 5.63 Å². The van der Waals surface area contributed by atoms with Crippen molar-refractivity contribution in [1.82, 2.24) is 0 Å². The maximum atomic E-state index is 12.0. The monoisotopic (exact) mass is 364 g/mol. The van der Waals surface area contributed by atoms with Crippen LogP contribution in [0.3, 0.4) is 0 Å². The van der Waals surface area contributed by atoms with Gasteiger partial charge in [0.25, 0.3) is 0 Å². The minimum absolute atomic E-state index is 0.0220. The van der Waals surface area contributed by atoms with Gasteiger partial charge < -0.3 is 24.5 Å². The first-order chi connectivity index (χ1) is 11.9. The Balaban J connectivity index is 1.79. The Kier molecular flexibility index (Phi) is 4.85. The van der Waals surface area contributed by atoms with Crippen molar-refractivity contribution in [1.29, 1.82) is 0 Å². The minimum Gasteiger partial charge on any atom is -0.507 e. The summed E-state index contributed by atoms with van der Waals surface area (Å²) in [6.07, 6.45) is 7.01. The highest BCUT2D eigenvalue weighted by atomic mass is 35.5. The average molecular weight is 365 g/mol. The van der Waals surface area contributed by atoms with E-state index in [4.69, 9.17) is 20.8 Å². The number of allylic oxidation sites excluding steroid dienone is 2. The Morgan fingerprint density at radius 2 is 2.04 bits per heavy atom. The van der Waals surface area contributed by atoms with Crippen LogP contribution in [0.1, 0.15) is 19.1 Å². The Morgan fingerprint density at radius 3 is 2.76 bits per heavy atom. The molecule has 0 bridgehead atoms. The number of phenols is 2. The van der Waals surface area contributed by atoms with Gasteiger partial charge in [-0.2, -0.15) is 0 Å². The molecular formula is C18H17ClO6. The number of aromatic hydroxyl groups is 2. The molecule has 0 unspecified atom stereocenters. The third-order valence-corrected chi connectivity index (χ3v) is 4.23. The standard InChI is InChI=1S/C18H17ClO6/c1-9(20)6-15-14(25-15)5-3-2-4-10-7-11-16(18(23)24-10)12(21)8-13(22)17(11)19/h2-5,7-9,14-15,20-22H,6H2,1H3/b4-2+,5-3-/t9-,14-,15-/m1/s1. The zero-order chi connectivity index (χ0) is 18.1. The largest absolute Gasteiger partial charge is 0.507 e. The topological polar surface area (TPSA) is 103 Å². The minimum atomic E-state index is -0.747. The quantitative estimate of drug-likeness (QED) is 0.556. The first-order valence-electron chi connectivity index (χ1n) is 7.73. The number of phenolic OH excluding ortho intramolecular Hbond substituents is 2. The predicted molar refractivity (Wildman–Crippen MR) is 94.0 cm³/mol.